The lowest BCUT2D eigenvalue weighted by molar-refractivity contribution is -0.177. The minimum atomic E-state index is -0.967. The molecule has 89 heavy (non-hydrogen) atoms. The van der Waals surface area contributed by atoms with Gasteiger partial charge < -0.3 is 42.6 Å². The Morgan fingerprint density at radius 3 is 1.26 bits per heavy atom. The van der Waals surface area contributed by atoms with Gasteiger partial charge in [0, 0.05) is 26.9 Å². The highest BCUT2D eigenvalue weighted by Crippen LogP contribution is 2.38. The van der Waals surface area contributed by atoms with Gasteiger partial charge in [0.1, 0.15) is 24.4 Å². The number of rotatable bonds is 37. The predicted octanol–water partition coefficient (Wildman–Crippen LogP) is 17.1. The highest BCUT2D eigenvalue weighted by Gasteiger charge is 2.44. The molecule has 3 heterocycles. The second-order valence-corrected chi connectivity index (χ2v) is 24.9. The van der Waals surface area contributed by atoms with Crippen LogP contribution in [0.25, 0.3) is 32.3 Å². The first-order chi connectivity index (χ1) is 43.5. The summed E-state index contributed by atoms with van der Waals surface area (Å²) in [6.07, 6.45) is 18.0. The average Bonchev–Trinajstić information content (AvgIpc) is 2.48. The van der Waals surface area contributed by atoms with Crippen LogP contribution < -0.4 is 0 Å². The highest BCUT2D eigenvalue weighted by atomic mass is 16.6. The summed E-state index contributed by atoms with van der Waals surface area (Å²) in [7, 11) is 4.62. The van der Waals surface area contributed by atoms with E-state index in [0.717, 1.165) is 126 Å². The molecule has 0 radical (unpaired) electrons. The number of esters is 4. The van der Waals surface area contributed by atoms with E-state index in [0.29, 0.717) is 56.9 Å². The van der Waals surface area contributed by atoms with E-state index >= 15 is 0 Å². The van der Waals surface area contributed by atoms with Crippen LogP contribution in [0.15, 0.2) is 139 Å². The normalized spacial score (nSPS) is 20.4. The Morgan fingerprint density at radius 2 is 0.831 bits per heavy atom. The van der Waals surface area contributed by atoms with Gasteiger partial charge >= 0.3 is 23.9 Å². The molecule has 3 aliphatic heterocycles. The largest absolute Gasteiger partial charge is 0.460 e. The molecule has 13 nitrogen and oxygen atoms in total. The van der Waals surface area contributed by atoms with Gasteiger partial charge in [-0.15, -0.1) is 0 Å². The molecule has 0 unspecified atom stereocenters. The van der Waals surface area contributed by atoms with E-state index in [4.69, 9.17) is 42.6 Å². The van der Waals surface area contributed by atoms with Gasteiger partial charge in [0.15, 0.2) is 18.3 Å². The molecule has 0 spiro atoms. The van der Waals surface area contributed by atoms with Gasteiger partial charge in [-0.2, -0.15) is 0 Å². The number of cyclic esters (lactones) is 1. The topological polar surface area (TPSA) is 151 Å². The molecule has 6 aromatic rings. The summed E-state index contributed by atoms with van der Waals surface area (Å²) in [6, 6.07) is 41.9. The third-order valence-electron chi connectivity index (χ3n) is 18.4. The molecule has 0 aromatic heterocycles. The highest BCUT2D eigenvalue weighted by molar-refractivity contribution is 5.91. The maximum absolute atomic E-state index is 14.5. The quantitative estimate of drug-likeness (QED) is 0.0207. The first kappa shape index (κ1) is 66.9. The Morgan fingerprint density at radius 1 is 0.449 bits per heavy atom. The number of benzene rings is 6. The average molecular weight is 1220 g/mol. The fourth-order valence-corrected chi connectivity index (χ4v) is 13.5. The summed E-state index contributed by atoms with van der Waals surface area (Å²) in [5.74, 6) is -1.51. The van der Waals surface area contributed by atoms with E-state index in [9.17, 15) is 19.2 Å². The fraction of sp³-hybridized carbons (Fsp3) is 0.526. The van der Waals surface area contributed by atoms with Crippen molar-refractivity contribution in [3.8, 4) is 0 Å². The minimum Gasteiger partial charge on any atom is -0.460 e. The molecule has 11 atom stereocenters. The molecule has 0 saturated carbocycles. The van der Waals surface area contributed by atoms with Crippen molar-refractivity contribution in [3.63, 3.8) is 0 Å². The molecule has 0 aliphatic carbocycles. The Kier molecular flexibility index (Phi) is 26.0. The van der Waals surface area contributed by atoms with E-state index in [-0.39, 0.29) is 36.5 Å². The molecule has 2 fully saturated rings. The van der Waals surface area contributed by atoms with Crippen molar-refractivity contribution in [2.75, 3.05) is 21.3 Å². The third-order valence-corrected chi connectivity index (χ3v) is 18.4. The summed E-state index contributed by atoms with van der Waals surface area (Å²) < 4.78 is 56.3. The smallest absolute Gasteiger partial charge is 0.340 e. The number of carbonyl (C=O) groups is 4. The van der Waals surface area contributed by atoms with Gasteiger partial charge in [0.25, 0.3) is 0 Å². The molecule has 0 N–H and O–H groups in total. The van der Waals surface area contributed by atoms with Crippen LogP contribution in [0.5, 0.6) is 0 Å². The third kappa shape index (κ3) is 19.0. The van der Waals surface area contributed by atoms with Gasteiger partial charge in [-0.25, -0.2) is 19.2 Å². The first-order valence-electron chi connectivity index (χ1n) is 33.4. The van der Waals surface area contributed by atoms with Gasteiger partial charge in [-0.3, -0.25) is 0 Å². The summed E-state index contributed by atoms with van der Waals surface area (Å²) in [5.41, 5.74) is 3.00. The number of unbranched alkanes of at least 4 members (excludes halogenated alkanes) is 12. The van der Waals surface area contributed by atoms with E-state index in [2.05, 4.69) is 13.0 Å². The SMILES string of the molecule is CCCCCC[C@H](CCC[C@H](OC(=O)[C@@H](OC)c1ccc2ccccc2c1)[C@H]1CC[C@H]([C@H]2CC[C@H]([C@@H](CCCCCCCCCCCCC3=C[C@H](C)OC3=O)OC(=O)[C@@H](OC)c3ccc4ccccc4c3)O2)O1)OC(=O)[C@@H](OC)c1ccc2ccccc2c1. The molecule has 0 bridgehead atoms. The van der Waals surface area contributed by atoms with Crippen LogP contribution in [0.1, 0.15) is 203 Å². The van der Waals surface area contributed by atoms with E-state index in [1.165, 1.54) is 32.8 Å². The van der Waals surface area contributed by atoms with Crippen molar-refractivity contribution in [3.05, 3.63) is 156 Å². The van der Waals surface area contributed by atoms with Gasteiger partial charge in [-0.05, 0) is 164 Å². The Bertz CT molecular complexity index is 3240. The summed E-state index contributed by atoms with van der Waals surface area (Å²) in [4.78, 5) is 54.9. The summed E-state index contributed by atoms with van der Waals surface area (Å²) in [6.45, 7) is 4.09. The zero-order valence-electron chi connectivity index (χ0n) is 53.3. The number of hydrogen-bond acceptors (Lipinski definition) is 13. The minimum absolute atomic E-state index is 0.105. The van der Waals surface area contributed by atoms with Crippen molar-refractivity contribution < 1.29 is 61.8 Å². The van der Waals surface area contributed by atoms with Crippen molar-refractivity contribution in [2.45, 2.75) is 235 Å². The fourth-order valence-electron chi connectivity index (χ4n) is 13.5. The van der Waals surface area contributed by atoms with E-state index < -0.39 is 54.5 Å². The maximum atomic E-state index is 14.5. The van der Waals surface area contributed by atoms with Crippen LogP contribution in [0.4, 0.5) is 0 Å². The summed E-state index contributed by atoms with van der Waals surface area (Å²) in [5, 5.41) is 6.25. The second kappa shape index (κ2) is 34.6. The van der Waals surface area contributed by atoms with Crippen LogP contribution in [0.3, 0.4) is 0 Å². The lowest BCUT2D eigenvalue weighted by Crippen LogP contribution is -2.37. The lowest BCUT2D eigenvalue weighted by atomic mass is 9.98. The number of hydrogen-bond donors (Lipinski definition) is 0. The maximum Gasteiger partial charge on any atom is 0.340 e. The molecular formula is C76H96O13. The first-order valence-corrected chi connectivity index (χ1v) is 33.4. The molecular weight excluding hydrogens is 1120 g/mol. The van der Waals surface area contributed by atoms with E-state index in [1.54, 1.807) is 14.2 Å². The zero-order valence-corrected chi connectivity index (χ0v) is 53.3. The van der Waals surface area contributed by atoms with Crippen molar-refractivity contribution in [1.29, 1.82) is 0 Å². The van der Waals surface area contributed by atoms with Crippen LogP contribution in [0.2, 0.25) is 0 Å². The van der Waals surface area contributed by atoms with Crippen LogP contribution in [-0.4, -0.2) is 94.0 Å². The Hall–Kier alpha value is -6.48. The Labute approximate surface area is 527 Å². The van der Waals surface area contributed by atoms with Crippen LogP contribution in [-0.2, 0) is 61.8 Å². The molecule has 9 rings (SSSR count). The second-order valence-electron chi connectivity index (χ2n) is 24.9. The van der Waals surface area contributed by atoms with Crippen LogP contribution in [0, 0.1) is 0 Å². The molecule has 478 valence electrons. The Balaban J connectivity index is 0.843. The van der Waals surface area contributed by atoms with Crippen LogP contribution >= 0.6 is 0 Å². The van der Waals surface area contributed by atoms with E-state index in [1.807, 2.05) is 134 Å². The number of ether oxygens (including phenoxy) is 9. The van der Waals surface area contributed by atoms with Crippen molar-refractivity contribution in [1.82, 2.24) is 0 Å². The molecule has 13 heteroatoms. The van der Waals surface area contributed by atoms with Gasteiger partial charge in [-0.1, -0.05) is 187 Å². The summed E-state index contributed by atoms with van der Waals surface area (Å²) >= 11 is 0. The molecule has 0 amide bonds. The van der Waals surface area contributed by atoms with Crippen molar-refractivity contribution in [2.24, 2.45) is 0 Å². The van der Waals surface area contributed by atoms with Crippen molar-refractivity contribution >= 4 is 56.2 Å². The monoisotopic (exact) mass is 1220 g/mol. The predicted molar refractivity (Wildman–Crippen MR) is 348 cm³/mol. The molecule has 3 aliphatic rings. The van der Waals surface area contributed by atoms with Gasteiger partial charge in [0.05, 0.1) is 24.4 Å². The standard InChI is InChI=1S/C76H96O13/c1-6-7-8-18-34-63(85-74(78)70(81-3)59-41-38-53-27-20-23-30-56(53)49-59)35-26-37-65(89-76(80)72(83-5)61-43-40-55-29-22-25-32-58(55)51-61)67-45-47-69(87-67)68-46-44-66(86-68)64(88-75(79)71(82-4)60-42-39-54-28-21-24-31-57(54)50-60)36-19-16-14-12-10-9-11-13-15-17-33-62-48-52(2)84-73(62)77/h20-25,27-32,38-43,48-52,63-72H,6-19,26,33-37,44-47H2,1-5H3/t52-,63+,64+,65-,66+,67+,68+,69+,70-,71-,72-/m0/s1. The van der Waals surface area contributed by atoms with Gasteiger partial charge in [0.2, 0.25) is 0 Å². The number of carbonyl (C=O) groups excluding carboxylic acids is 4. The number of methoxy groups -OCH3 is 3. The number of fused-ring (bicyclic) bond motifs is 3. The lowest BCUT2D eigenvalue weighted by Gasteiger charge is -2.29. The zero-order chi connectivity index (χ0) is 62.3. The molecule has 6 aromatic carbocycles. The molecule has 2 saturated heterocycles.